The number of nitrogens with zero attached hydrogens (tertiary/aromatic N) is 1. The molecule has 162 valence electrons. The van der Waals surface area contributed by atoms with Gasteiger partial charge in [-0.25, -0.2) is 13.4 Å². The molecule has 0 unspecified atom stereocenters. The fourth-order valence-corrected chi connectivity index (χ4v) is 2.80. The summed E-state index contributed by atoms with van der Waals surface area (Å²) in [5.41, 5.74) is 1.31. The van der Waals surface area contributed by atoms with Crippen molar-refractivity contribution < 1.29 is 26.3 Å². The van der Waals surface area contributed by atoms with Gasteiger partial charge >= 0.3 is 6.18 Å². The maximum Gasteiger partial charge on any atom is 0.422 e. The van der Waals surface area contributed by atoms with E-state index in [1.165, 1.54) is 6.26 Å². The average molecular weight is 537 g/mol. The highest BCUT2D eigenvalue weighted by Gasteiger charge is 2.28. The van der Waals surface area contributed by atoms with Gasteiger partial charge in [0, 0.05) is 24.9 Å². The van der Waals surface area contributed by atoms with E-state index in [0.717, 1.165) is 5.56 Å². The van der Waals surface area contributed by atoms with Crippen LogP contribution in [0, 0.1) is 6.92 Å². The Morgan fingerprint density at radius 3 is 2.50 bits per heavy atom. The molecule has 0 aliphatic carbocycles. The van der Waals surface area contributed by atoms with Crippen molar-refractivity contribution in [3.8, 4) is 5.75 Å². The van der Waals surface area contributed by atoms with Crippen molar-refractivity contribution in [2.24, 2.45) is 4.99 Å². The van der Waals surface area contributed by atoms with Crippen LogP contribution in [0.25, 0.3) is 0 Å². The van der Waals surface area contributed by atoms with Crippen LogP contribution in [-0.4, -0.2) is 52.3 Å². The van der Waals surface area contributed by atoms with Gasteiger partial charge in [-0.3, -0.25) is 0 Å². The highest BCUT2D eigenvalue weighted by atomic mass is 127. The van der Waals surface area contributed by atoms with E-state index in [0.29, 0.717) is 31.0 Å². The quantitative estimate of drug-likeness (QED) is 0.219. The van der Waals surface area contributed by atoms with Gasteiger partial charge in [0.25, 0.3) is 0 Å². The molecule has 2 N–H and O–H groups in total. The van der Waals surface area contributed by atoms with Gasteiger partial charge < -0.3 is 15.4 Å². The average Bonchev–Trinajstić information content (AvgIpc) is 2.54. The predicted octanol–water partition coefficient (Wildman–Crippen LogP) is 3.04. The van der Waals surface area contributed by atoms with Gasteiger partial charge in [0.1, 0.15) is 15.6 Å². The van der Waals surface area contributed by atoms with Crippen LogP contribution in [0.1, 0.15) is 24.5 Å². The van der Waals surface area contributed by atoms with Crippen LogP contribution < -0.4 is 15.4 Å². The number of rotatable bonds is 9. The van der Waals surface area contributed by atoms with Crippen molar-refractivity contribution in [1.82, 2.24) is 10.6 Å². The predicted molar refractivity (Wildman–Crippen MR) is 115 cm³/mol. The van der Waals surface area contributed by atoms with Crippen molar-refractivity contribution in [3.05, 3.63) is 29.3 Å². The van der Waals surface area contributed by atoms with Gasteiger partial charge in [0.15, 0.2) is 12.6 Å². The molecule has 0 radical (unpaired) electrons. The van der Waals surface area contributed by atoms with E-state index in [1.807, 2.05) is 6.92 Å². The summed E-state index contributed by atoms with van der Waals surface area (Å²) in [6.45, 7) is 3.39. The zero-order chi connectivity index (χ0) is 20.5. The first-order valence-corrected chi connectivity index (χ1v) is 10.5. The Labute approximate surface area is 181 Å². The van der Waals surface area contributed by atoms with Crippen LogP contribution in [0.5, 0.6) is 5.75 Å². The van der Waals surface area contributed by atoms with Crippen LogP contribution in [0.3, 0.4) is 0 Å². The number of sulfone groups is 1. The van der Waals surface area contributed by atoms with E-state index in [9.17, 15) is 21.6 Å². The molecule has 0 saturated carbocycles. The topological polar surface area (TPSA) is 79.8 Å². The summed E-state index contributed by atoms with van der Waals surface area (Å²) in [6, 6.07) is 5.00. The highest BCUT2D eigenvalue weighted by Crippen LogP contribution is 2.24. The maximum atomic E-state index is 12.4. The monoisotopic (exact) mass is 537 g/mol. The first-order valence-electron chi connectivity index (χ1n) is 8.49. The number of alkyl halides is 3. The second-order valence-electron chi connectivity index (χ2n) is 6.12. The summed E-state index contributed by atoms with van der Waals surface area (Å²) < 4.78 is 64.5. The van der Waals surface area contributed by atoms with Gasteiger partial charge in [0.05, 0.1) is 12.3 Å². The van der Waals surface area contributed by atoms with Crippen LogP contribution in [0.4, 0.5) is 13.2 Å². The smallest absolute Gasteiger partial charge is 0.422 e. The van der Waals surface area contributed by atoms with Gasteiger partial charge in [-0.1, -0.05) is 12.1 Å². The largest absolute Gasteiger partial charge is 0.484 e. The molecule has 0 aliphatic rings. The molecular formula is C17H27F3IN3O3S. The lowest BCUT2D eigenvalue weighted by atomic mass is 10.1. The molecule has 0 amide bonds. The molecule has 0 fully saturated rings. The Balaban J connectivity index is 0.00000729. The zero-order valence-corrected chi connectivity index (χ0v) is 19.2. The third kappa shape index (κ3) is 12.3. The molecule has 0 saturated heterocycles. The Hall–Kier alpha value is -1.24. The fraction of sp³-hybridized carbons (Fsp3) is 0.588. The first-order chi connectivity index (χ1) is 12.5. The summed E-state index contributed by atoms with van der Waals surface area (Å²) in [5, 5.41) is 6.01. The summed E-state index contributed by atoms with van der Waals surface area (Å²) in [6.07, 6.45) is -2.82. The Morgan fingerprint density at radius 1 is 1.25 bits per heavy atom. The van der Waals surface area contributed by atoms with Crippen molar-refractivity contribution in [3.63, 3.8) is 0 Å². The number of aryl methyl sites for hydroxylation is 1. The van der Waals surface area contributed by atoms with Gasteiger partial charge in [-0.2, -0.15) is 13.2 Å². The van der Waals surface area contributed by atoms with E-state index in [-0.39, 0.29) is 42.0 Å². The summed E-state index contributed by atoms with van der Waals surface area (Å²) in [7, 11) is -3.03. The van der Waals surface area contributed by atoms with Crippen molar-refractivity contribution >= 4 is 39.8 Å². The minimum atomic E-state index is -4.42. The molecule has 0 spiro atoms. The third-order valence-corrected chi connectivity index (χ3v) is 4.38. The number of aliphatic imine (C=N–C) groups is 1. The number of hydrogen-bond donors (Lipinski definition) is 2. The molecule has 1 rings (SSSR count). The molecule has 0 heterocycles. The molecule has 6 nitrogen and oxygen atoms in total. The molecule has 0 bridgehead atoms. The summed E-state index contributed by atoms with van der Waals surface area (Å²) in [4.78, 5) is 4.34. The van der Waals surface area contributed by atoms with Crippen molar-refractivity contribution in [2.45, 2.75) is 33.0 Å². The maximum absolute atomic E-state index is 12.4. The number of guanidine groups is 1. The van der Waals surface area contributed by atoms with Crippen LogP contribution in [0.2, 0.25) is 0 Å². The molecule has 0 aromatic heterocycles. The second-order valence-corrected chi connectivity index (χ2v) is 8.38. The Morgan fingerprint density at radius 2 is 1.93 bits per heavy atom. The minimum Gasteiger partial charge on any atom is -0.484 e. The van der Waals surface area contributed by atoms with E-state index < -0.39 is 22.6 Å². The van der Waals surface area contributed by atoms with E-state index in [4.69, 9.17) is 4.74 Å². The van der Waals surface area contributed by atoms with Gasteiger partial charge in [-0.15, -0.1) is 24.0 Å². The van der Waals surface area contributed by atoms with Crippen LogP contribution in [0.15, 0.2) is 23.2 Å². The minimum absolute atomic E-state index is 0. The molecular weight excluding hydrogens is 510 g/mol. The molecule has 28 heavy (non-hydrogen) atoms. The molecule has 1 aromatic carbocycles. The number of hydrogen-bond acceptors (Lipinski definition) is 4. The zero-order valence-electron chi connectivity index (χ0n) is 16.1. The fourth-order valence-electron chi connectivity index (χ4n) is 2.13. The lowest BCUT2D eigenvalue weighted by molar-refractivity contribution is -0.153. The van der Waals surface area contributed by atoms with Gasteiger partial charge in [0.2, 0.25) is 0 Å². The summed E-state index contributed by atoms with van der Waals surface area (Å²) >= 11 is 0. The van der Waals surface area contributed by atoms with Crippen LogP contribution >= 0.6 is 24.0 Å². The number of halogens is 4. The summed E-state index contributed by atoms with van der Waals surface area (Å²) in [5.74, 6) is 0.657. The Kier molecular flexibility index (Phi) is 11.8. The lowest BCUT2D eigenvalue weighted by Gasteiger charge is -2.14. The van der Waals surface area contributed by atoms with Crippen molar-refractivity contribution in [1.29, 1.82) is 0 Å². The molecule has 0 atom stereocenters. The standard InChI is InChI=1S/C17H26F3N3O3S.HI/c1-4-21-16(22-8-5-9-27(3,24)25)23-11-14-7-6-13(2)10-15(14)26-12-17(18,19)20;/h6-7,10H,4-5,8-9,11-12H2,1-3H3,(H2,21,22,23);1H. The first kappa shape index (κ1) is 26.8. The van der Waals surface area contributed by atoms with E-state index in [2.05, 4.69) is 15.6 Å². The highest BCUT2D eigenvalue weighted by molar-refractivity contribution is 14.0. The molecule has 11 heteroatoms. The van der Waals surface area contributed by atoms with E-state index >= 15 is 0 Å². The number of benzene rings is 1. The second kappa shape index (κ2) is 12.3. The lowest BCUT2D eigenvalue weighted by Crippen LogP contribution is -2.38. The molecule has 0 aliphatic heterocycles. The van der Waals surface area contributed by atoms with Gasteiger partial charge in [-0.05, 0) is 31.9 Å². The Bertz CT molecular complexity index is 741. The van der Waals surface area contributed by atoms with Crippen LogP contribution in [-0.2, 0) is 16.4 Å². The number of nitrogens with one attached hydrogen (secondary N) is 2. The normalized spacial score (nSPS) is 12.3. The molecule has 1 aromatic rings. The SMILES string of the molecule is CCNC(=NCc1ccc(C)cc1OCC(F)(F)F)NCCCS(C)(=O)=O.I. The number of ether oxygens (including phenoxy) is 1. The van der Waals surface area contributed by atoms with E-state index in [1.54, 1.807) is 25.1 Å². The third-order valence-electron chi connectivity index (χ3n) is 3.35. The van der Waals surface area contributed by atoms with Crippen molar-refractivity contribution in [2.75, 3.05) is 31.7 Å².